The molecule has 2 aromatic rings. The number of hydrogen-bond acceptors (Lipinski definition) is 4. The lowest BCUT2D eigenvalue weighted by Gasteiger charge is -2.14. The van der Waals surface area contributed by atoms with E-state index in [1.165, 1.54) is 19.1 Å². The van der Waals surface area contributed by atoms with Gasteiger partial charge in [-0.2, -0.15) is 13.2 Å². The van der Waals surface area contributed by atoms with Gasteiger partial charge in [0, 0.05) is 5.69 Å². The number of sulfonamides is 1. The van der Waals surface area contributed by atoms with Gasteiger partial charge in [-0.1, -0.05) is 6.07 Å². The zero-order valence-electron chi connectivity index (χ0n) is 13.1. The maximum Gasteiger partial charge on any atom is 0.416 e. The van der Waals surface area contributed by atoms with Crippen LogP contribution in [0.2, 0.25) is 0 Å². The lowest BCUT2D eigenvalue weighted by atomic mass is 10.1. The second kappa shape index (κ2) is 5.84. The van der Waals surface area contributed by atoms with Crippen molar-refractivity contribution in [2.24, 2.45) is 0 Å². The number of imide groups is 1. The molecule has 0 spiro atoms. The van der Waals surface area contributed by atoms with E-state index < -0.39 is 33.6 Å². The minimum Gasteiger partial charge on any atom is -0.288 e. The van der Waals surface area contributed by atoms with Crippen molar-refractivity contribution in [1.29, 1.82) is 0 Å². The number of aryl methyl sites for hydroxylation is 1. The molecule has 10 heteroatoms. The predicted molar refractivity (Wildman–Crippen MR) is 85.2 cm³/mol. The molecule has 136 valence electrons. The zero-order valence-corrected chi connectivity index (χ0v) is 14.0. The van der Waals surface area contributed by atoms with Gasteiger partial charge in [-0.15, -0.1) is 0 Å². The maximum absolute atomic E-state index is 13.0. The Bertz CT molecular complexity index is 1050. The Morgan fingerprint density at radius 2 is 1.62 bits per heavy atom. The summed E-state index contributed by atoms with van der Waals surface area (Å²) in [5, 5.41) is 2.02. The number of carbonyl (C=O) groups excluding carboxylic acids is 2. The molecule has 0 aromatic heterocycles. The Morgan fingerprint density at radius 1 is 0.962 bits per heavy atom. The van der Waals surface area contributed by atoms with Crippen molar-refractivity contribution in [2.45, 2.75) is 18.0 Å². The topological polar surface area (TPSA) is 92.3 Å². The number of amides is 2. The number of anilines is 1. The highest BCUT2D eigenvalue weighted by molar-refractivity contribution is 7.92. The fourth-order valence-corrected chi connectivity index (χ4v) is 3.59. The summed E-state index contributed by atoms with van der Waals surface area (Å²) in [6, 6.07) is 6.30. The molecule has 6 nitrogen and oxygen atoms in total. The van der Waals surface area contributed by atoms with E-state index in [0.717, 1.165) is 18.2 Å². The molecular formula is C16H11F3N2O4S. The van der Waals surface area contributed by atoms with Gasteiger partial charge in [0.1, 0.15) is 0 Å². The third kappa shape index (κ3) is 3.15. The normalized spacial score (nSPS) is 14.2. The van der Waals surface area contributed by atoms with Crippen LogP contribution in [0, 0.1) is 6.92 Å². The second-order valence-electron chi connectivity index (χ2n) is 5.62. The highest BCUT2D eigenvalue weighted by Gasteiger charge is 2.33. The van der Waals surface area contributed by atoms with Crippen LogP contribution < -0.4 is 10.0 Å². The van der Waals surface area contributed by atoms with Gasteiger partial charge in [-0.25, -0.2) is 8.42 Å². The highest BCUT2D eigenvalue weighted by Crippen LogP contribution is 2.34. The van der Waals surface area contributed by atoms with Crippen molar-refractivity contribution in [3.8, 4) is 0 Å². The van der Waals surface area contributed by atoms with Crippen LogP contribution in [0.3, 0.4) is 0 Å². The predicted octanol–water partition coefficient (Wildman–Crippen LogP) is 2.70. The summed E-state index contributed by atoms with van der Waals surface area (Å²) in [7, 11) is -4.26. The van der Waals surface area contributed by atoms with Gasteiger partial charge in [0.25, 0.3) is 21.8 Å². The van der Waals surface area contributed by atoms with Crippen LogP contribution >= 0.6 is 0 Å². The number of hydrogen-bond donors (Lipinski definition) is 2. The largest absolute Gasteiger partial charge is 0.416 e. The van der Waals surface area contributed by atoms with Crippen molar-refractivity contribution in [2.75, 3.05) is 4.72 Å². The molecule has 0 saturated heterocycles. The average Bonchev–Trinajstić information content (AvgIpc) is 2.82. The van der Waals surface area contributed by atoms with Crippen molar-refractivity contribution in [3.05, 3.63) is 58.7 Å². The number of alkyl halides is 3. The van der Waals surface area contributed by atoms with E-state index in [-0.39, 0.29) is 27.3 Å². The molecule has 1 heterocycles. The van der Waals surface area contributed by atoms with E-state index in [4.69, 9.17) is 0 Å². The standard InChI is InChI=1S/C16H11F3N2O4S/c1-8-2-3-9(6-13(8)16(17,18)19)21-26(24,25)10-4-5-11-12(7-10)15(23)20-14(11)22/h2-7,21H,1H3,(H,20,22,23). The molecule has 0 aliphatic carbocycles. The molecule has 0 atom stereocenters. The Hall–Kier alpha value is -2.88. The summed E-state index contributed by atoms with van der Waals surface area (Å²) in [5.41, 5.74) is -1.37. The average molecular weight is 384 g/mol. The maximum atomic E-state index is 13.0. The minimum atomic E-state index is -4.63. The molecule has 0 fully saturated rings. The zero-order chi connectivity index (χ0) is 19.3. The Labute approximate surface area is 146 Å². The van der Waals surface area contributed by atoms with Gasteiger partial charge in [0.05, 0.1) is 21.6 Å². The number of fused-ring (bicyclic) bond motifs is 1. The molecular weight excluding hydrogens is 373 g/mol. The van der Waals surface area contributed by atoms with E-state index >= 15 is 0 Å². The SMILES string of the molecule is Cc1ccc(NS(=O)(=O)c2ccc3c(c2)C(=O)NC3=O)cc1C(F)(F)F. The molecule has 3 rings (SSSR count). The summed E-state index contributed by atoms with van der Waals surface area (Å²) in [6.45, 7) is 1.26. The molecule has 2 amide bonds. The van der Waals surface area contributed by atoms with Crippen molar-refractivity contribution >= 4 is 27.5 Å². The van der Waals surface area contributed by atoms with E-state index in [9.17, 15) is 31.2 Å². The summed E-state index contributed by atoms with van der Waals surface area (Å²) in [6.07, 6.45) is -4.63. The van der Waals surface area contributed by atoms with E-state index in [1.54, 1.807) is 0 Å². The van der Waals surface area contributed by atoms with Crippen molar-refractivity contribution in [3.63, 3.8) is 0 Å². The van der Waals surface area contributed by atoms with E-state index in [1.807, 2.05) is 10.0 Å². The van der Waals surface area contributed by atoms with Crippen LogP contribution in [0.5, 0.6) is 0 Å². The minimum absolute atomic E-state index is 0.0312. The monoisotopic (exact) mass is 384 g/mol. The third-order valence-corrected chi connectivity index (χ3v) is 5.19. The van der Waals surface area contributed by atoms with Crippen LogP contribution in [-0.4, -0.2) is 20.2 Å². The Kier molecular flexibility index (Phi) is 4.02. The number of halogens is 3. The fourth-order valence-electron chi connectivity index (χ4n) is 2.52. The van der Waals surface area contributed by atoms with Crippen molar-refractivity contribution < 1.29 is 31.2 Å². The van der Waals surface area contributed by atoms with Gasteiger partial charge in [-0.05, 0) is 42.8 Å². The number of nitrogens with one attached hydrogen (secondary N) is 2. The molecule has 0 radical (unpaired) electrons. The molecule has 1 aliphatic heterocycles. The number of rotatable bonds is 3. The molecule has 1 aliphatic rings. The molecule has 0 saturated carbocycles. The molecule has 0 bridgehead atoms. The second-order valence-corrected chi connectivity index (χ2v) is 7.31. The smallest absolute Gasteiger partial charge is 0.288 e. The number of benzene rings is 2. The van der Waals surface area contributed by atoms with Crippen LogP contribution in [-0.2, 0) is 16.2 Å². The summed E-state index contributed by atoms with van der Waals surface area (Å²) in [5.74, 6) is -1.38. The van der Waals surface area contributed by atoms with Crippen LogP contribution in [0.1, 0.15) is 31.8 Å². The van der Waals surface area contributed by atoms with Gasteiger partial charge in [0.15, 0.2) is 0 Å². The quantitative estimate of drug-likeness (QED) is 0.796. The summed E-state index contributed by atoms with van der Waals surface area (Å²) < 4.78 is 65.8. The van der Waals surface area contributed by atoms with Crippen molar-refractivity contribution in [1.82, 2.24) is 5.32 Å². The molecule has 2 N–H and O–H groups in total. The number of carbonyl (C=O) groups is 2. The molecule has 2 aromatic carbocycles. The van der Waals surface area contributed by atoms with E-state index in [0.29, 0.717) is 6.07 Å². The first-order chi connectivity index (χ1) is 12.0. The lowest BCUT2D eigenvalue weighted by molar-refractivity contribution is -0.138. The fraction of sp³-hybridized carbons (Fsp3) is 0.125. The summed E-state index contributed by atoms with van der Waals surface area (Å²) >= 11 is 0. The van der Waals surface area contributed by atoms with Crippen LogP contribution in [0.15, 0.2) is 41.3 Å². The van der Waals surface area contributed by atoms with Gasteiger partial charge < -0.3 is 0 Å². The summed E-state index contributed by atoms with van der Waals surface area (Å²) in [4.78, 5) is 22.8. The lowest BCUT2D eigenvalue weighted by Crippen LogP contribution is -2.20. The van der Waals surface area contributed by atoms with Gasteiger partial charge in [0.2, 0.25) is 0 Å². The Morgan fingerprint density at radius 3 is 2.27 bits per heavy atom. The molecule has 0 unspecified atom stereocenters. The first kappa shape index (κ1) is 17.9. The first-order valence-corrected chi connectivity index (χ1v) is 8.68. The molecule has 26 heavy (non-hydrogen) atoms. The van der Waals surface area contributed by atoms with Gasteiger partial charge in [-0.3, -0.25) is 19.6 Å². The van der Waals surface area contributed by atoms with Gasteiger partial charge >= 0.3 is 6.18 Å². The highest BCUT2D eigenvalue weighted by atomic mass is 32.2. The van der Waals surface area contributed by atoms with Crippen LogP contribution in [0.4, 0.5) is 18.9 Å². The van der Waals surface area contributed by atoms with Crippen LogP contribution in [0.25, 0.3) is 0 Å². The first-order valence-electron chi connectivity index (χ1n) is 7.19. The Balaban J connectivity index is 1.97. The van der Waals surface area contributed by atoms with E-state index in [2.05, 4.69) is 0 Å². The third-order valence-electron chi connectivity index (χ3n) is 3.81.